The molecule has 1 aliphatic rings. The Morgan fingerprint density at radius 1 is 1.20 bits per heavy atom. The lowest BCUT2D eigenvalue weighted by molar-refractivity contribution is -0.138. The fraction of sp³-hybridized carbons (Fsp3) is 0.444. The largest absolute Gasteiger partial charge is 0.487 e. The Bertz CT molecular complexity index is 1410. The van der Waals surface area contributed by atoms with Gasteiger partial charge in [0.2, 0.25) is 0 Å². The number of carbonyl (C=O) groups excluding carboxylic acids is 2. The van der Waals surface area contributed by atoms with E-state index in [9.17, 15) is 31.5 Å². The van der Waals surface area contributed by atoms with Crippen LogP contribution in [0.1, 0.15) is 54.6 Å². The monoisotopic (exact) mass is 569 g/mol. The number of nitrogens with zero attached hydrogens (tertiary/aromatic N) is 2. The molecule has 216 valence electrons. The van der Waals surface area contributed by atoms with Gasteiger partial charge in [-0.1, -0.05) is 0 Å². The number of piperidine rings is 1. The number of rotatable bonds is 5. The maximum Gasteiger partial charge on any atom is 0.418 e. The zero-order chi connectivity index (χ0) is 29.5. The summed E-state index contributed by atoms with van der Waals surface area (Å²) in [7, 11) is 0. The molecule has 1 saturated heterocycles. The molecule has 0 saturated carbocycles. The molecular weight excluding hydrogens is 541 g/mol. The lowest BCUT2D eigenvalue weighted by Crippen LogP contribution is -2.59. The standard InChI is InChI=1S/C27H28F5N3O5/c1-15-22(23(36)34-21-9-11-35(14-26(21,28)29)24(37)40-25(2,3)4)17-12-16(7-8-20(17)39-15)38-13-19-18(27(30,31)32)6-5-10-33-19/h5-8,10,12,21H,9,11,13-14H2,1-4H3,(H,34,36). The number of benzene rings is 1. The van der Waals surface area contributed by atoms with Crippen LogP contribution in [0.4, 0.5) is 26.7 Å². The van der Waals surface area contributed by atoms with Crippen molar-refractivity contribution in [1.82, 2.24) is 15.2 Å². The van der Waals surface area contributed by atoms with Crippen LogP contribution >= 0.6 is 0 Å². The minimum Gasteiger partial charge on any atom is -0.487 e. The SMILES string of the molecule is Cc1oc2ccc(OCc3ncccc3C(F)(F)F)cc2c1C(=O)NC1CCN(C(=O)OC(C)(C)C)CC1(F)F. The van der Waals surface area contributed by atoms with Gasteiger partial charge in [-0.3, -0.25) is 9.78 Å². The summed E-state index contributed by atoms with van der Waals surface area (Å²) < 4.78 is 86.1. The molecule has 0 bridgehead atoms. The number of likely N-dealkylation sites (tertiary alicyclic amines) is 1. The second-order valence-corrected chi connectivity index (χ2v) is 10.5. The molecule has 1 atom stereocenters. The summed E-state index contributed by atoms with van der Waals surface area (Å²) in [6.45, 7) is 4.90. The molecule has 2 aromatic heterocycles. The molecule has 8 nitrogen and oxygen atoms in total. The van der Waals surface area contributed by atoms with Gasteiger partial charge in [-0.2, -0.15) is 13.2 Å². The number of nitrogens with one attached hydrogen (secondary N) is 1. The van der Waals surface area contributed by atoms with Crippen molar-refractivity contribution < 1.29 is 45.4 Å². The third kappa shape index (κ3) is 6.45. The summed E-state index contributed by atoms with van der Waals surface area (Å²) in [6, 6.07) is 4.80. The number of amides is 2. The number of halogens is 5. The van der Waals surface area contributed by atoms with Gasteiger partial charge in [0.05, 0.1) is 29.4 Å². The first-order chi connectivity index (χ1) is 18.5. The van der Waals surface area contributed by atoms with Crippen molar-refractivity contribution in [2.45, 2.75) is 64.5 Å². The van der Waals surface area contributed by atoms with Crippen molar-refractivity contribution >= 4 is 23.0 Å². The van der Waals surface area contributed by atoms with Gasteiger partial charge < -0.3 is 24.1 Å². The first-order valence-electron chi connectivity index (χ1n) is 12.4. The maximum absolute atomic E-state index is 15.0. The highest BCUT2D eigenvalue weighted by atomic mass is 19.4. The topological polar surface area (TPSA) is 93.9 Å². The van der Waals surface area contributed by atoms with Gasteiger partial charge in [-0.25, -0.2) is 13.6 Å². The molecule has 0 aliphatic carbocycles. The molecule has 2 amide bonds. The van der Waals surface area contributed by atoms with Gasteiger partial charge in [0.1, 0.15) is 29.3 Å². The molecule has 1 aliphatic heterocycles. The Morgan fingerprint density at radius 2 is 1.93 bits per heavy atom. The van der Waals surface area contributed by atoms with Crippen molar-refractivity contribution in [2.75, 3.05) is 13.1 Å². The molecule has 1 unspecified atom stereocenters. The average molecular weight is 570 g/mol. The third-order valence-corrected chi connectivity index (χ3v) is 6.19. The summed E-state index contributed by atoms with van der Waals surface area (Å²) in [5, 5.41) is 2.59. The lowest BCUT2D eigenvalue weighted by Gasteiger charge is -2.38. The van der Waals surface area contributed by atoms with Crippen LogP contribution in [-0.4, -0.2) is 52.5 Å². The van der Waals surface area contributed by atoms with Crippen LogP contribution in [0.25, 0.3) is 11.0 Å². The molecular formula is C27H28F5N3O5. The van der Waals surface area contributed by atoms with Crippen LogP contribution in [0.5, 0.6) is 5.75 Å². The average Bonchev–Trinajstić information content (AvgIpc) is 3.17. The van der Waals surface area contributed by atoms with Crippen LogP contribution in [0.3, 0.4) is 0 Å². The van der Waals surface area contributed by atoms with E-state index in [1.165, 1.54) is 37.4 Å². The number of alkyl halides is 5. The number of fused-ring (bicyclic) bond motifs is 1. The Hall–Kier alpha value is -3.90. The van der Waals surface area contributed by atoms with Crippen LogP contribution in [-0.2, 0) is 17.5 Å². The van der Waals surface area contributed by atoms with Gasteiger partial charge in [0.15, 0.2) is 0 Å². The fourth-order valence-electron chi connectivity index (χ4n) is 4.36. The van der Waals surface area contributed by atoms with E-state index >= 15 is 0 Å². The highest BCUT2D eigenvalue weighted by Gasteiger charge is 2.47. The summed E-state index contributed by atoms with van der Waals surface area (Å²) in [5.41, 5.74) is -1.86. The molecule has 3 aromatic rings. The van der Waals surface area contributed by atoms with Gasteiger partial charge in [0, 0.05) is 18.1 Å². The van der Waals surface area contributed by atoms with Crippen molar-refractivity contribution in [3.05, 3.63) is 59.1 Å². The summed E-state index contributed by atoms with van der Waals surface area (Å²) >= 11 is 0. The molecule has 40 heavy (non-hydrogen) atoms. The van der Waals surface area contributed by atoms with Crippen molar-refractivity contribution in [1.29, 1.82) is 0 Å². The van der Waals surface area contributed by atoms with E-state index in [2.05, 4.69) is 10.3 Å². The first-order valence-corrected chi connectivity index (χ1v) is 12.4. The van der Waals surface area contributed by atoms with E-state index in [1.54, 1.807) is 20.8 Å². The Morgan fingerprint density at radius 3 is 2.58 bits per heavy atom. The molecule has 1 fully saturated rings. The van der Waals surface area contributed by atoms with Gasteiger partial charge >= 0.3 is 12.3 Å². The molecule has 3 heterocycles. The van der Waals surface area contributed by atoms with E-state index in [0.717, 1.165) is 11.0 Å². The first kappa shape index (κ1) is 29.1. The number of aryl methyl sites for hydroxylation is 1. The van der Waals surface area contributed by atoms with Gasteiger partial charge in [0.25, 0.3) is 11.8 Å². The van der Waals surface area contributed by atoms with Gasteiger partial charge in [-0.05, 0) is 64.4 Å². The summed E-state index contributed by atoms with van der Waals surface area (Å²) in [5.74, 6) is -3.99. The number of hydrogen-bond acceptors (Lipinski definition) is 6. The second-order valence-electron chi connectivity index (χ2n) is 10.5. The lowest BCUT2D eigenvalue weighted by atomic mass is 10.00. The predicted molar refractivity (Wildman–Crippen MR) is 133 cm³/mol. The highest BCUT2D eigenvalue weighted by Crippen LogP contribution is 2.34. The van der Waals surface area contributed by atoms with Crippen molar-refractivity contribution in [3.8, 4) is 5.75 Å². The normalized spacial score (nSPS) is 17.5. The molecule has 13 heteroatoms. The molecule has 1 N–H and O–H groups in total. The molecule has 1 aromatic carbocycles. The summed E-state index contributed by atoms with van der Waals surface area (Å²) in [6.07, 6.45) is -4.48. The third-order valence-electron chi connectivity index (χ3n) is 6.19. The zero-order valence-corrected chi connectivity index (χ0v) is 22.2. The Labute approximate surface area is 226 Å². The van der Waals surface area contributed by atoms with E-state index < -0.39 is 54.5 Å². The quantitative estimate of drug-likeness (QED) is 0.373. The fourth-order valence-corrected chi connectivity index (χ4v) is 4.36. The van der Waals surface area contributed by atoms with Crippen LogP contribution in [0.15, 0.2) is 40.9 Å². The van der Waals surface area contributed by atoms with E-state index in [-0.39, 0.29) is 46.7 Å². The molecule has 4 rings (SSSR count). The smallest absolute Gasteiger partial charge is 0.418 e. The summed E-state index contributed by atoms with van der Waals surface area (Å²) in [4.78, 5) is 30.1. The van der Waals surface area contributed by atoms with Crippen LogP contribution in [0, 0.1) is 6.92 Å². The van der Waals surface area contributed by atoms with Crippen LogP contribution in [0.2, 0.25) is 0 Å². The molecule has 0 spiro atoms. The van der Waals surface area contributed by atoms with Crippen molar-refractivity contribution in [2.24, 2.45) is 0 Å². The minimum absolute atomic E-state index is 0.0142. The predicted octanol–water partition coefficient (Wildman–Crippen LogP) is 6.11. The van der Waals surface area contributed by atoms with Crippen LogP contribution < -0.4 is 10.1 Å². The van der Waals surface area contributed by atoms with E-state index in [4.69, 9.17) is 13.9 Å². The number of ether oxygens (including phenoxy) is 2. The highest BCUT2D eigenvalue weighted by molar-refractivity contribution is 6.07. The number of carbonyl (C=O) groups is 2. The van der Waals surface area contributed by atoms with E-state index in [1.807, 2.05) is 0 Å². The number of aromatic nitrogens is 1. The second kappa shape index (κ2) is 10.6. The van der Waals surface area contributed by atoms with E-state index in [0.29, 0.717) is 0 Å². The number of furan rings is 1. The Balaban J connectivity index is 1.49. The Kier molecular flexibility index (Phi) is 7.70. The molecule has 0 radical (unpaired) electrons. The van der Waals surface area contributed by atoms with Gasteiger partial charge in [-0.15, -0.1) is 0 Å². The maximum atomic E-state index is 15.0. The minimum atomic E-state index is -4.62. The number of hydrogen-bond donors (Lipinski definition) is 1. The van der Waals surface area contributed by atoms with Crippen molar-refractivity contribution in [3.63, 3.8) is 0 Å². The number of pyridine rings is 1. The zero-order valence-electron chi connectivity index (χ0n) is 22.2.